The van der Waals surface area contributed by atoms with Crippen molar-refractivity contribution in [2.24, 2.45) is 5.41 Å². The zero-order valence-electron chi connectivity index (χ0n) is 14.7. The van der Waals surface area contributed by atoms with Crippen molar-refractivity contribution in [1.29, 1.82) is 0 Å². The quantitative estimate of drug-likeness (QED) is 0.243. The van der Waals surface area contributed by atoms with Gasteiger partial charge in [0.05, 0.1) is 14.5 Å². The van der Waals surface area contributed by atoms with Gasteiger partial charge in [0.2, 0.25) is 0 Å². The van der Waals surface area contributed by atoms with E-state index in [0.717, 1.165) is 6.07 Å². The average molecular weight is 520 g/mol. The predicted octanol–water partition coefficient (Wildman–Crippen LogP) is 3.31. The topological polar surface area (TPSA) is 107 Å². The fourth-order valence-electron chi connectivity index (χ4n) is 1.66. The van der Waals surface area contributed by atoms with Crippen molar-refractivity contribution < 1.29 is 40.8 Å². The van der Waals surface area contributed by atoms with Crippen LogP contribution in [0.25, 0.3) is 0 Å². The molecule has 7 nitrogen and oxygen atoms in total. The van der Waals surface area contributed by atoms with Crippen molar-refractivity contribution in [3.63, 3.8) is 0 Å². The number of hydrogen-bond donors (Lipinski definition) is 1. The number of halogens is 3. The molecule has 0 aliphatic heterocycles. The molecule has 1 unspecified atom stereocenters. The van der Waals surface area contributed by atoms with Crippen molar-refractivity contribution in [2.45, 2.75) is 39.7 Å². The number of carbonyl (C=O) groups excluding carboxylic acids is 2. The third kappa shape index (κ3) is 7.30. The van der Waals surface area contributed by atoms with Gasteiger partial charge in [-0.15, -0.1) is 0 Å². The molecule has 11 heteroatoms. The molecule has 0 fully saturated rings. The van der Waals surface area contributed by atoms with Gasteiger partial charge in [0.1, 0.15) is 11.5 Å². The Morgan fingerprint density at radius 2 is 1.89 bits per heavy atom. The molecule has 1 rings (SSSR count). The molecule has 0 amide bonds. The second-order valence-corrected chi connectivity index (χ2v) is 8.96. The van der Waals surface area contributed by atoms with Crippen molar-refractivity contribution in [3.8, 4) is 5.75 Å². The minimum Gasteiger partial charge on any atom is -0.451 e. The van der Waals surface area contributed by atoms with Crippen LogP contribution in [0, 0.1) is 8.99 Å². The standard InChI is InChI=1S/C16H19F2IO7S/c1-4-16(2,3)15(21)26-11-7-9(5-6-10(11)19)14(20)25-12(13(17)18)8-27(22,23)24/h5-7,12-13H,4,8H2,1-3H3,(H,22,23,24). The molecule has 0 saturated carbocycles. The molecule has 0 saturated heterocycles. The predicted molar refractivity (Wildman–Crippen MR) is 100 cm³/mol. The molecule has 0 aliphatic carbocycles. The van der Waals surface area contributed by atoms with Crippen molar-refractivity contribution in [2.75, 3.05) is 5.75 Å². The summed E-state index contributed by atoms with van der Waals surface area (Å²) in [6.07, 6.45) is -5.14. The zero-order chi connectivity index (χ0) is 21.0. The summed E-state index contributed by atoms with van der Waals surface area (Å²) in [4.78, 5) is 24.3. The monoisotopic (exact) mass is 520 g/mol. The molecule has 27 heavy (non-hydrogen) atoms. The van der Waals surface area contributed by atoms with Gasteiger partial charge in [-0.2, -0.15) is 8.42 Å². The number of ether oxygens (including phenoxy) is 2. The van der Waals surface area contributed by atoms with Gasteiger partial charge in [-0.1, -0.05) is 6.92 Å². The van der Waals surface area contributed by atoms with Gasteiger partial charge in [0, 0.05) is 0 Å². The zero-order valence-corrected chi connectivity index (χ0v) is 17.7. The first-order chi connectivity index (χ1) is 12.3. The Labute approximate surface area is 169 Å². The van der Waals surface area contributed by atoms with E-state index in [0.29, 0.717) is 9.99 Å². The van der Waals surface area contributed by atoms with Gasteiger partial charge in [-0.25, -0.2) is 13.6 Å². The first kappa shape index (κ1) is 23.7. The first-order valence-corrected chi connectivity index (χ1v) is 10.4. The highest BCUT2D eigenvalue weighted by Crippen LogP contribution is 2.28. The smallest absolute Gasteiger partial charge is 0.338 e. The van der Waals surface area contributed by atoms with Crippen LogP contribution in [0.4, 0.5) is 8.78 Å². The summed E-state index contributed by atoms with van der Waals surface area (Å²) in [5.41, 5.74) is -0.982. The number of hydrogen-bond acceptors (Lipinski definition) is 6. The van der Waals surface area contributed by atoms with Crippen molar-refractivity contribution in [3.05, 3.63) is 27.3 Å². The van der Waals surface area contributed by atoms with Crippen LogP contribution in [0.15, 0.2) is 18.2 Å². The fraction of sp³-hybridized carbons (Fsp3) is 0.500. The normalized spacial score (nSPS) is 13.3. The minimum atomic E-state index is -4.77. The summed E-state index contributed by atoms with van der Waals surface area (Å²) >= 11 is 1.87. The molecular formula is C16H19F2IO7S. The number of rotatable bonds is 8. The molecule has 1 aromatic rings. The van der Waals surface area contributed by atoms with E-state index in [1.165, 1.54) is 12.1 Å². The van der Waals surface area contributed by atoms with Crippen molar-refractivity contribution in [1.82, 2.24) is 0 Å². The summed E-state index contributed by atoms with van der Waals surface area (Å²) in [5, 5.41) is 0. The average Bonchev–Trinajstić information content (AvgIpc) is 2.54. The highest BCUT2D eigenvalue weighted by molar-refractivity contribution is 14.1. The molecule has 152 valence electrons. The SMILES string of the molecule is CCC(C)(C)C(=O)Oc1cc(C(=O)OC(CS(=O)(=O)O)C(F)F)ccc1I. The summed E-state index contributed by atoms with van der Waals surface area (Å²) < 4.78 is 66.3. The summed E-state index contributed by atoms with van der Waals surface area (Å²) in [5.74, 6) is -3.18. The first-order valence-electron chi connectivity index (χ1n) is 7.73. The number of esters is 2. The van der Waals surface area contributed by atoms with Crippen LogP contribution < -0.4 is 4.74 Å². The van der Waals surface area contributed by atoms with Gasteiger partial charge in [-0.3, -0.25) is 9.35 Å². The Balaban J connectivity index is 3.03. The summed E-state index contributed by atoms with van der Waals surface area (Å²) in [6, 6.07) is 3.81. The van der Waals surface area contributed by atoms with E-state index in [2.05, 4.69) is 4.74 Å². The van der Waals surface area contributed by atoms with E-state index in [1.54, 1.807) is 20.8 Å². The Hall–Kier alpha value is -1.34. The molecule has 0 radical (unpaired) electrons. The van der Waals surface area contributed by atoms with E-state index < -0.39 is 45.8 Å². The Morgan fingerprint density at radius 3 is 2.37 bits per heavy atom. The van der Waals surface area contributed by atoms with E-state index in [1.807, 2.05) is 22.6 Å². The molecule has 0 bridgehead atoms. The lowest BCUT2D eigenvalue weighted by atomic mass is 9.91. The van der Waals surface area contributed by atoms with E-state index in [4.69, 9.17) is 9.29 Å². The summed E-state index contributed by atoms with van der Waals surface area (Å²) in [6.45, 7) is 5.17. The Bertz CT molecular complexity index is 809. The number of benzene rings is 1. The maximum absolute atomic E-state index is 12.9. The lowest BCUT2D eigenvalue weighted by Crippen LogP contribution is -2.33. The van der Waals surface area contributed by atoms with Gasteiger partial charge in [0.15, 0.2) is 6.10 Å². The van der Waals surface area contributed by atoms with Crippen molar-refractivity contribution >= 4 is 44.6 Å². The molecule has 0 aliphatic rings. The van der Waals surface area contributed by atoms with Gasteiger partial charge in [-0.05, 0) is 61.1 Å². The maximum Gasteiger partial charge on any atom is 0.338 e. The lowest BCUT2D eigenvalue weighted by molar-refractivity contribution is -0.144. The molecule has 0 spiro atoms. The van der Waals surface area contributed by atoms with E-state index in [-0.39, 0.29) is 11.3 Å². The third-order valence-electron chi connectivity index (χ3n) is 3.72. The van der Waals surface area contributed by atoms with Crippen LogP contribution >= 0.6 is 22.6 Å². The second-order valence-electron chi connectivity index (χ2n) is 6.30. The third-order valence-corrected chi connectivity index (χ3v) is 5.36. The highest BCUT2D eigenvalue weighted by Gasteiger charge is 2.31. The number of carbonyl (C=O) groups is 2. The highest BCUT2D eigenvalue weighted by atomic mass is 127. The number of alkyl halides is 2. The van der Waals surface area contributed by atoms with Crippen LogP contribution in [0.3, 0.4) is 0 Å². The van der Waals surface area contributed by atoms with Crippen LogP contribution in [0.2, 0.25) is 0 Å². The van der Waals surface area contributed by atoms with Crippen LogP contribution in [0.5, 0.6) is 5.75 Å². The molecule has 1 atom stereocenters. The molecule has 0 heterocycles. The Kier molecular flexibility index (Phi) is 8.11. The van der Waals surface area contributed by atoms with Gasteiger partial charge in [0.25, 0.3) is 16.5 Å². The lowest BCUT2D eigenvalue weighted by Gasteiger charge is -2.21. The summed E-state index contributed by atoms with van der Waals surface area (Å²) in [7, 11) is -4.77. The fourth-order valence-corrected chi connectivity index (χ4v) is 2.74. The van der Waals surface area contributed by atoms with Gasteiger partial charge >= 0.3 is 11.9 Å². The van der Waals surface area contributed by atoms with Crippen LogP contribution in [-0.2, 0) is 19.6 Å². The van der Waals surface area contributed by atoms with Crippen LogP contribution in [0.1, 0.15) is 37.6 Å². The molecule has 0 aromatic heterocycles. The van der Waals surface area contributed by atoms with Gasteiger partial charge < -0.3 is 9.47 Å². The largest absolute Gasteiger partial charge is 0.451 e. The maximum atomic E-state index is 12.9. The van der Waals surface area contributed by atoms with E-state index >= 15 is 0 Å². The molecule has 1 N–H and O–H groups in total. The van der Waals surface area contributed by atoms with E-state index in [9.17, 15) is 26.8 Å². The molecule has 1 aromatic carbocycles. The Morgan fingerprint density at radius 1 is 1.30 bits per heavy atom. The minimum absolute atomic E-state index is 0.0416. The second kappa shape index (κ2) is 9.24. The molecular weight excluding hydrogens is 501 g/mol. The van der Waals surface area contributed by atoms with Crippen LogP contribution in [-0.4, -0.2) is 43.2 Å².